The molecule has 0 amide bonds. The molecule has 0 aliphatic heterocycles. The first-order chi connectivity index (χ1) is 9.24. The van der Waals surface area contributed by atoms with Crippen LogP contribution in [-0.4, -0.2) is 23.3 Å². The Morgan fingerprint density at radius 2 is 2.32 bits per heavy atom. The number of aromatic nitrogens is 2. The molecule has 0 unspecified atom stereocenters. The van der Waals surface area contributed by atoms with E-state index in [2.05, 4.69) is 4.98 Å². The number of rotatable bonds is 5. The Balaban J connectivity index is 2.15. The van der Waals surface area contributed by atoms with Crippen LogP contribution in [0.4, 0.5) is 4.39 Å². The van der Waals surface area contributed by atoms with Gasteiger partial charge in [0.2, 0.25) is 0 Å². The number of ether oxygens (including phenoxy) is 1. The standard InChI is InChI=1S/C14H14FN3O/c1-19-5-4-18-10-17-9-13(18)6-11-2-3-12(8-16)14(15)7-11/h2-3,7,9-10H,4-6H2,1H3. The molecular formula is C14H14FN3O. The molecule has 4 nitrogen and oxygen atoms in total. The molecule has 0 fully saturated rings. The minimum atomic E-state index is -0.483. The van der Waals surface area contributed by atoms with Crippen molar-refractivity contribution in [1.29, 1.82) is 5.26 Å². The van der Waals surface area contributed by atoms with E-state index in [1.54, 1.807) is 25.7 Å². The highest BCUT2D eigenvalue weighted by Gasteiger charge is 2.06. The fourth-order valence-electron chi connectivity index (χ4n) is 1.85. The van der Waals surface area contributed by atoms with Gasteiger partial charge < -0.3 is 9.30 Å². The fourth-order valence-corrected chi connectivity index (χ4v) is 1.85. The Morgan fingerprint density at radius 3 is 3.00 bits per heavy atom. The van der Waals surface area contributed by atoms with Gasteiger partial charge in [0.1, 0.15) is 11.9 Å². The van der Waals surface area contributed by atoms with Crippen LogP contribution in [0.25, 0.3) is 0 Å². The molecule has 0 bridgehead atoms. The predicted octanol–water partition coefficient (Wildman–Crippen LogP) is 2.13. The van der Waals surface area contributed by atoms with Crippen LogP contribution in [0.2, 0.25) is 0 Å². The summed E-state index contributed by atoms with van der Waals surface area (Å²) in [4.78, 5) is 4.09. The Labute approximate surface area is 111 Å². The Kier molecular flexibility index (Phi) is 4.26. The smallest absolute Gasteiger partial charge is 0.141 e. The van der Waals surface area contributed by atoms with E-state index in [1.165, 1.54) is 12.1 Å². The highest BCUT2D eigenvalue weighted by atomic mass is 19.1. The van der Waals surface area contributed by atoms with Crippen LogP contribution < -0.4 is 0 Å². The average Bonchev–Trinajstić information content (AvgIpc) is 2.84. The summed E-state index contributed by atoms with van der Waals surface area (Å²) in [5, 5.41) is 8.69. The number of hydrogen-bond acceptors (Lipinski definition) is 3. The predicted molar refractivity (Wildman–Crippen MR) is 68.0 cm³/mol. The van der Waals surface area contributed by atoms with Gasteiger partial charge in [-0.15, -0.1) is 0 Å². The highest BCUT2D eigenvalue weighted by molar-refractivity contribution is 5.34. The second-order valence-corrected chi connectivity index (χ2v) is 4.17. The van der Waals surface area contributed by atoms with Crippen molar-refractivity contribution in [2.45, 2.75) is 13.0 Å². The molecule has 0 N–H and O–H groups in total. The average molecular weight is 259 g/mol. The summed E-state index contributed by atoms with van der Waals surface area (Å²) in [6, 6.07) is 6.47. The number of benzene rings is 1. The first kappa shape index (κ1) is 13.2. The molecule has 0 saturated carbocycles. The zero-order chi connectivity index (χ0) is 13.7. The van der Waals surface area contributed by atoms with Gasteiger partial charge in [0, 0.05) is 32.0 Å². The fraction of sp³-hybridized carbons (Fsp3) is 0.286. The normalized spacial score (nSPS) is 10.4. The molecule has 0 aliphatic rings. The molecule has 1 aromatic heterocycles. The molecule has 1 aromatic carbocycles. The van der Waals surface area contributed by atoms with Gasteiger partial charge in [-0.2, -0.15) is 5.26 Å². The zero-order valence-corrected chi connectivity index (χ0v) is 10.6. The number of hydrogen-bond donors (Lipinski definition) is 0. The molecule has 0 spiro atoms. The third-order valence-corrected chi connectivity index (χ3v) is 2.87. The first-order valence-corrected chi connectivity index (χ1v) is 5.91. The maximum absolute atomic E-state index is 13.5. The van der Waals surface area contributed by atoms with Gasteiger partial charge in [-0.3, -0.25) is 0 Å². The molecule has 0 radical (unpaired) electrons. The molecule has 0 atom stereocenters. The third-order valence-electron chi connectivity index (χ3n) is 2.87. The number of methoxy groups -OCH3 is 1. The van der Waals surface area contributed by atoms with Crippen molar-refractivity contribution in [1.82, 2.24) is 9.55 Å². The summed E-state index contributed by atoms with van der Waals surface area (Å²) in [6.07, 6.45) is 4.06. The van der Waals surface area contributed by atoms with Gasteiger partial charge in [0.05, 0.1) is 18.5 Å². The summed E-state index contributed by atoms with van der Waals surface area (Å²) in [5.41, 5.74) is 1.87. The van der Waals surface area contributed by atoms with E-state index in [9.17, 15) is 4.39 Å². The van der Waals surface area contributed by atoms with E-state index in [-0.39, 0.29) is 5.56 Å². The van der Waals surface area contributed by atoms with Gasteiger partial charge in [-0.05, 0) is 17.7 Å². The van der Waals surface area contributed by atoms with Gasteiger partial charge in [-0.1, -0.05) is 6.07 Å². The quantitative estimate of drug-likeness (QED) is 0.826. The molecule has 98 valence electrons. The van der Waals surface area contributed by atoms with Crippen LogP contribution >= 0.6 is 0 Å². The van der Waals surface area contributed by atoms with Crippen LogP contribution in [0.5, 0.6) is 0 Å². The minimum Gasteiger partial charge on any atom is -0.383 e. The van der Waals surface area contributed by atoms with E-state index in [1.807, 2.05) is 10.6 Å². The summed E-state index contributed by atoms with van der Waals surface area (Å²) in [5.74, 6) is -0.483. The Hall–Kier alpha value is -2.19. The highest BCUT2D eigenvalue weighted by Crippen LogP contribution is 2.13. The lowest BCUT2D eigenvalue weighted by Crippen LogP contribution is -2.07. The summed E-state index contributed by atoms with van der Waals surface area (Å²) in [6.45, 7) is 1.32. The lowest BCUT2D eigenvalue weighted by molar-refractivity contribution is 0.186. The SMILES string of the molecule is COCCn1cncc1Cc1ccc(C#N)c(F)c1. The van der Waals surface area contributed by atoms with E-state index < -0.39 is 5.82 Å². The van der Waals surface area contributed by atoms with Crippen molar-refractivity contribution in [2.75, 3.05) is 13.7 Å². The minimum absolute atomic E-state index is 0.0663. The number of nitriles is 1. The Bertz CT molecular complexity index is 601. The van der Waals surface area contributed by atoms with E-state index in [0.29, 0.717) is 19.6 Å². The van der Waals surface area contributed by atoms with Gasteiger partial charge >= 0.3 is 0 Å². The maximum Gasteiger partial charge on any atom is 0.141 e. The van der Waals surface area contributed by atoms with E-state index >= 15 is 0 Å². The van der Waals surface area contributed by atoms with E-state index in [4.69, 9.17) is 10.00 Å². The Morgan fingerprint density at radius 1 is 1.47 bits per heavy atom. The number of imidazole rings is 1. The van der Waals surface area contributed by atoms with Gasteiger partial charge in [-0.25, -0.2) is 9.37 Å². The van der Waals surface area contributed by atoms with Gasteiger partial charge in [0.15, 0.2) is 0 Å². The van der Waals surface area contributed by atoms with Crippen LogP contribution in [0, 0.1) is 17.1 Å². The molecule has 2 aromatic rings. The topological polar surface area (TPSA) is 50.8 Å². The molecule has 19 heavy (non-hydrogen) atoms. The lowest BCUT2D eigenvalue weighted by atomic mass is 10.1. The van der Waals surface area contributed by atoms with Crippen molar-refractivity contribution >= 4 is 0 Å². The van der Waals surface area contributed by atoms with Crippen LogP contribution in [0.15, 0.2) is 30.7 Å². The summed E-state index contributed by atoms with van der Waals surface area (Å²) < 4.78 is 20.5. The number of halogens is 1. The van der Waals surface area contributed by atoms with Crippen molar-refractivity contribution in [2.24, 2.45) is 0 Å². The molecule has 1 heterocycles. The number of nitrogens with zero attached hydrogens (tertiary/aromatic N) is 3. The van der Waals surface area contributed by atoms with Crippen LogP contribution in [0.3, 0.4) is 0 Å². The zero-order valence-electron chi connectivity index (χ0n) is 10.6. The molecule has 2 rings (SSSR count). The molecule has 0 aliphatic carbocycles. The summed E-state index contributed by atoms with van der Waals surface area (Å²) in [7, 11) is 1.65. The third kappa shape index (κ3) is 3.18. The summed E-state index contributed by atoms with van der Waals surface area (Å²) >= 11 is 0. The second kappa shape index (κ2) is 6.12. The molecule has 0 saturated heterocycles. The molecule has 5 heteroatoms. The van der Waals surface area contributed by atoms with Crippen molar-refractivity contribution in [3.05, 3.63) is 53.4 Å². The molecular weight excluding hydrogens is 245 g/mol. The first-order valence-electron chi connectivity index (χ1n) is 5.91. The largest absolute Gasteiger partial charge is 0.383 e. The van der Waals surface area contributed by atoms with Crippen LogP contribution in [-0.2, 0) is 17.7 Å². The lowest BCUT2D eigenvalue weighted by Gasteiger charge is -2.08. The van der Waals surface area contributed by atoms with E-state index in [0.717, 1.165) is 11.3 Å². The monoisotopic (exact) mass is 259 g/mol. The maximum atomic E-state index is 13.5. The second-order valence-electron chi connectivity index (χ2n) is 4.17. The van der Waals surface area contributed by atoms with Crippen molar-refractivity contribution < 1.29 is 9.13 Å². The van der Waals surface area contributed by atoms with Crippen molar-refractivity contribution in [3.8, 4) is 6.07 Å². The van der Waals surface area contributed by atoms with Crippen molar-refractivity contribution in [3.63, 3.8) is 0 Å². The van der Waals surface area contributed by atoms with Gasteiger partial charge in [0.25, 0.3) is 0 Å². The van der Waals surface area contributed by atoms with Crippen LogP contribution in [0.1, 0.15) is 16.8 Å².